The van der Waals surface area contributed by atoms with Gasteiger partial charge < -0.3 is 32.5 Å². The van der Waals surface area contributed by atoms with Crippen LogP contribution in [0.15, 0.2) is 30.3 Å². The van der Waals surface area contributed by atoms with Gasteiger partial charge in [0, 0.05) is 6.42 Å². The van der Waals surface area contributed by atoms with Crippen LogP contribution in [0.3, 0.4) is 0 Å². The molecule has 11 nitrogen and oxygen atoms in total. The third kappa shape index (κ3) is 10.1. The molecule has 0 saturated heterocycles. The van der Waals surface area contributed by atoms with Crippen LogP contribution in [0.1, 0.15) is 39.2 Å². The van der Waals surface area contributed by atoms with Gasteiger partial charge in [-0.1, -0.05) is 44.2 Å². The summed E-state index contributed by atoms with van der Waals surface area (Å²) in [6, 6.07) is 4.17. The zero-order valence-corrected chi connectivity index (χ0v) is 19.0. The highest BCUT2D eigenvalue weighted by molar-refractivity contribution is 5.96. The fraction of sp³-hybridized carbons (Fsp3) is 0.500. The predicted octanol–water partition coefficient (Wildman–Crippen LogP) is -0.963. The molecule has 0 spiro atoms. The van der Waals surface area contributed by atoms with Crippen molar-refractivity contribution in [1.29, 1.82) is 0 Å². The molecule has 1 aromatic rings. The first-order chi connectivity index (χ1) is 15.4. The Balaban J connectivity index is 2.78. The van der Waals surface area contributed by atoms with Crippen molar-refractivity contribution in [2.24, 2.45) is 17.4 Å². The fourth-order valence-electron chi connectivity index (χ4n) is 3.03. The molecule has 4 atom stereocenters. The normalized spacial score (nSPS) is 14.5. The molecule has 0 bridgehead atoms. The van der Waals surface area contributed by atoms with Gasteiger partial charge in [0.2, 0.25) is 23.6 Å². The monoisotopic (exact) mass is 463 g/mol. The summed E-state index contributed by atoms with van der Waals surface area (Å²) in [5.74, 6) is -4.13. The zero-order valence-electron chi connectivity index (χ0n) is 19.0. The van der Waals surface area contributed by atoms with E-state index in [1.54, 1.807) is 30.3 Å². The second-order valence-electron chi connectivity index (χ2n) is 8.29. The molecule has 0 aliphatic heterocycles. The lowest BCUT2D eigenvalue weighted by Gasteiger charge is -2.23. The second-order valence-corrected chi connectivity index (χ2v) is 8.29. The third-order valence-electron chi connectivity index (χ3n) is 4.75. The maximum atomic E-state index is 12.6. The number of aliphatic carboxylic acids is 1. The summed E-state index contributed by atoms with van der Waals surface area (Å²) in [6.07, 6.45) is -0.0731. The molecule has 182 valence electrons. The number of hydrogen-bond acceptors (Lipinski definition) is 6. The molecule has 0 radical (unpaired) electrons. The molecule has 1 rings (SSSR count). The minimum absolute atomic E-state index is 0.0523. The van der Waals surface area contributed by atoms with Crippen molar-refractivity contribution in [2.45, 2.75) is 64.2 Å². The number of primary amides is 1. The van der Waals surface area contributed by atoms with E-state index in [2.05, 4.69) is 16.0 Å². The molecule has 0 fully saturated rings. The average molecular weight is 464 g/mol. The number of carboxylic acid groups (broad SMARTS) is 1. The van der Waals surface area contributed by atoms with E-state index in [1.165, 1.54) is 6.92 Å². The van der Waals surface area contributed by atoms with Gasteiger partial charge in [0.1, 0.15) is 18.1 Å². The molecular weight excluding hydrogens is 430 g/mol. The van der Waals surface area contributed by atoms with Crippen LogP contribution in [0.25, 0.3) is 0 Å². The van der Waals surface area contributed by atoms with Crippen LogP contribution in [0.4, 0.5) is 0 Å². The Morgan fingerprint density at radius 1 is 0.879 bits per heavy atom. The standard InChI is InChI=1S/C22H33N5O6/c1-12(2)9-15(23)20(30)26-16(11-18(24)28)21(31)25-13(3)19(29)27-17(22(32)33)10-14-7-5-4-6-8-14/h4-8,12-13,15-17H,9-11,23H2,1-3H3,(H2,24,28)(H,25,31)(H,26,30)(H,27,29)(H,32,33). The largest absolute Gasteiger partial charge is 0.480 e. The van der Waals surface area contributed by atoms with Crippen LogP contribution in [0.2, 0.25) is 0 Å². The SMILES string of the molecule is CC(C)CC(N)C(=O)NC(CC(N)=O)C(=O)NC(C)C(=O)NC(Cc1ccccc1)C(=O)O. The molecule has 4 amide bonds. The molecule has 11 heteroatoms. The first-order valence-electron chi connectivity index (χ1n) is 10.6. The van der Waals surface area contributed by atoms with E-state index in [0.29, 0.717) is 12.0 Å². The Morgan fingerprint density at radius 2 is 1.45 bits per heavy atom. The Kier molecular flexibility index (Phi) is 11.0. The van der Waals surface area contributed by atoms with E-state index in [4.69, 9.17) is 11.5 Å². The first-order valence-corrected chi connectivity index (χ1v) is 10.6. The first kappa shape index (κ1) is 27.6. The van der Waals surface area contributed by atoms with Crippen molar-refractivity contribution in [3.8, 4) is 0 Å². The maximum absolute atomic E-state index is 12.6. The van der Waals surface area contributed by atoms with Gasteiger partial charge in [0.05, 0.1) is 12.5 Å². The molecule has 0 saturated carbocycles. The number of carbonyl (C=O) groups excluding carboxylic acids is 4. The van der Waals surface area contributed by atoms with Gasteiger partial charge >= 0.3 is 5.97 Å². The molecular formula is C22H33N5O6. The lowest BCUT2D eigenvalue weighted by Crippen LogP contribution is -2.57. The Bertz CT molecular complexity index is 845. The van der Waals surface area contributed by atoms with Gasteiger partial charge in [0.25, 0.3) is 0 Å². The third-order valence-corrected chi connectivity index (χ3v) is 4.75. The van der Waals surface area contributed by atoms with Gasteiger partial charge in [-0.25, -0.2) is 4.79 Å². The van der Waals surface area contributed by atoms with Crippen molar-refractivity contribution in [3.05, 3.63) is 35.9 Å². The van der Waals surface area contributed by atoms with E-state index in [-0.39, 0.29) is 12.3 Å². The summed E-state index contributed by atoms with van der Waals surface area (Å²) in [7, 11) is 0. The van der Waals surface area contributed by atoms with Crippen molar-refractivity contribution < 1.29 is 29.1 Å². The van der Waals surface area contributed by atoms with Crippen molar-refractivity contribution >= 4 is 29.6 Å². The highest BCUT2D eigenvalue weighted by Gasteiger charge is 2.29. The summed E-state index contributed by atoms with van der Waals surface area (Å²) < 4.78 is 0. The topological polar surface area (TPSA) is 194 Å². The van der Waals surface area contributed by atoms with Gasteiger partial charge in [-0.3, -0.25) is 19.2 Å². The van der Waals surface area contributed by atoms with Crippen LogP contribution in [0, 0.1) is 5.92 Å². The number of hydrogen-bond donors (Lipinski definition) is 6. The van der Waals surface area contributed by atoms with Crippen LogP contribution >= 0.6 is 0 Å². The molecule has 1 aromatic carbocycles. The van der Waals surface area contributed by atoms with E-state index >= 15 is 0 Å². The molecule has 0 aromatic heterocycles. The summed E-state index contributed by atoms with van der Waals surface area (Å²) in [4.78, 5) is 60.3. The molecule has 0 heterocycles. The van der Waals surface area contributed by atoms with E-state index < -0.39 is 60.2 Å². The second kappa shape index (κ2) is 13.2. The number of rotatable bonds is 13. The quantitative estimate of drug-likeness (QED) is 0.217. The Hall–Kier alpha value is -3.47. The number of carbonyl (C=O) groups is 5. The van der Waals surface area contributed by atoms with Gasteiger partial charge in [0.15, 0.2) is 0 Å². The highest BCUT2D eigenvalue weighted by Crippen LogP contribution is 2.05. The van der Waals surface area contributed by atoms with E-state index in [9.17, 15) is 29.1 Å². The zero-order chi connectivity index (χ0) is 25.1. The van der Waals surface area contributed by atoms with E-state index in [0.717, 1.165) is 0 Å². The molecule has 33 heavy (non-hydrogen) atoms. The van der Waals surface area contributed by atoms with E-state index in [1.807, 2.05) is 13.8 Å². The molecule has 4 unspecified atom stereocenters. The lowest BCUT2D eigenvalue weighted by atomic mass is 10.0. The van der Waals surface area contributed by atoms with Crippen molar-refractivity contribution in [1.82, 2.24) is 16.0 Å². The number of carboxylic acids is 1. The molecule has 8 N–H and O–H groups in total. The number of benzene rings is 1. The minimum atomic E-state index is -1.33. The maximum Gasteiger partial charge on any atom is 0.326 e. The van der Waals surface area contributed by atoms with Gasteiger partial charge in [-0.15, -0.1) is 0 Å². The van der Waals surface area contributed by atoms with Crippen LogP contribution < -0.4 is 27.4 Å². The molecule has 0 aliphatic carbocycles. The summed E-state index contributed by atoms with van der Waals surface area (Å²) in [5.41, 5.74) is 11.7. The van der Waals surface area contributed by atoms with Crippen LogP contribution in [-0.2, 0) is 30.4 Å². The number of nitrogens with two attached hydrogens (primary N) is 2. The minimum Gasteiger partial charge on any atom is -0.480 e. The van der Waals surface area contributed by atoms with Crippen molar-refractivity contribution in [2.75, 3.05) is 0 Å². The van der Waals surface area contributed by atoms with Gasteiger partial charge in [-0.05, 0) is 24.8 Å². The summed E-state index contributed by atoms with van der Waals surface area (Å²) >= 11 is 0. The smallest absolute Gasteiger partial charge is 0.326 e. The summed E-state index contributed by atoms with van der Waals surface area (Å²) in [6.45, 7) is 5.11. The predicted molar refractivity (Wildman–Crippen MR) is 120 cm³/mol. The lowest BCUT2D eigenvalue weighted by molar-refractivity contribution is -0.142. The Morgan fingerprint density at radius 3 is 1.97 bits per heavy atom. The summed E-state index contributed by atoms with van der Waals surface area (Å²) in [5, 5.41) is 16.6. The van der Waals surface area contributed by atoms with Crippen LogP contribution in [0.5, 0.6) is 0 Å². The van der Waals surface area contributed by atoms with Crippen LogP contribution in [-0.4, -0.2) is 58.9 Å². The number of amides is 4. The van der Waals surface area contributed by atoms with Crippen molar-refractivity contribution in [3.63, 3.8) is 0 Å². The highest BCUT2D eigenvalue weighted by atomic mass is 16.4. The fourth-order valence-corrected chi connectivity index (χ4v) is 3.03. The molecule has 0 aliphatic rings. The average Bonchev–Trinajstić information content (AvgIpc) is 2.72. The number of nitrogens with one attached hydrogen (secondary N) is 3. The van der Waals surface area contributed by atoms with Gasteiger partial charge in [-0.2, -0.15) is 0 Å². The Labute approximate surface area is 192 Å².